The minimum Gasteiger partial charge on any atom is -0.292 e. The van der Waals surface area contributed by atoms with Crippen molar-refractivity contribution in [1.82, 2.24) is 9.55 Å². The molecule has 2 nitrogen and oxygen atoms in total. The summed E-state index contributed by atoms with van der Waals surface area (Å²) < 4.78 is 2.26. The average Bonchev–Trinajstić information content (AvgIpc) is 3.78. The van der Waals surface area contributed by atoms with Crippen LogP contribution >= 0.6 is 0 Å². The summed E-state index contributed by atoms with van der Waals surface area (Å²) in [5.41, 5.74) is 21.4. The molecule has 302 valence electrons. The van der Waals surface area contributed by atoms with Crippen LogP contribution in [0.5, 0.6) is 0 Å². The van der Waals surface area contributed by atoms with E-state index >= 15 is 0 Å². The number of aromatic nitrogens is 2. The number of hydrogen-bond acceptors (Lipinski definition) is 1. The van der Waals surface area contributed by atoms with Crippen molar-refractivity contribution in [3.63, 3.8) is 0 Å². The highest BCUT2D eigenvalue weighted by Crippen LogP contribution is 2.51. The smallest absolute Gasteiger partial charge is 0.145 e. The van der Waals surface area contributed by atoms with Crippen LogP contribution in [0.3, 0.4) is 0 Å². The van der Waals surface area contributed by atoms with Crippen LogP contribution in [0.4, 0.5) is 0 Å². The Kier molecular flexibility index (Phi) is 8.57. The van der Waals surface area contributed by atoms with Crippen LogP contribution in [0, 0.1) is 0 Å². The van der Waals surface area contributed by atoms with Crippen LogP contribution in [-0.2, 0) is 0 Å². The predicted molar refractivity (Wildman–Crippen MR) is 273 cm³/mol. The number of hydrogen-bond donors (Lipinski definition) is 0. The highest BCUT2D eigenvalue weighted by Gasteiger charge is 2.24. The third-order valence-electron chi connectivity index (χ3n) is 13.4. The predicted octanol–water partition coefficient (Wildman–Crippen LogP) is 17.0. The molecule has 65 heavy (non-hydrogen) atoms. The van der Waals surface area contributed by atoms with Gasteiger partial charge in [0.2, 0.25) is 0 Å². The van der Waals surface area contributed by atoms with Gasteiger partial charge in [-0.3, -0.25) is 4.57 Å². The lowest BCUT2D eigenvalue weighted by atomic mass is 9.79. The van der Waals surface area contributed by atoms with Gasteiger partial charge >= 0.3 is 0 Å². The molecule has 0 saturated heterocycles. The normalized spacial score (nSPS) is 11.7. The monoisotopic (exact) mass is 824 g/mol. The van der Waals surface area contributed by atoms with Crippen molar-refractivity contribution in [3.05, 3.63) is 243 Å². The van der Waals surface area contributed by atoms with Crippen LogP contribution in [-0.4, -0.2) is 9.55 Å². The molecule has 0 aliphatic heterocycles. The zero-order valence-corrected chi connectivity index (χ0v) is 35.5. The van der Waals surface area contributed by atoms with Crippen LogP contribution < -0.4 is 0 Å². The van der Waals surface area contributed by atoms with Gasteiger partial charge in [-0.15, -0.1) is 0 Å². The second-order valence-electron chi connectivity index (χ2n) is 17.0. The van der Waals surface area contributed by atoms with Gasteiger partial charge in [0, 0.05) is 11.3 Å². The Balaban J connectivity index is 1.02. The molecule has 0 fully saturated rings. The summed E-state index contributed by atoms with van der Waals surface area (Å²) in [6.45, 7) is 0. The third-order valence-corrected chi connectivity index (χ3v) is 13.4. The van der Waals surface area contributed by atoms with E-state index in [4.69, 9.17) is 4.98 Å². The second-order valence-corrected chi connectivity index (χ2v) is 17.0. The molecule has 0 unspecified atom stereocenters. The summed E-state index contributed by atoms with van der Waals surface area (Å²) in [7, 11) is 0. The molecule has 0 atom stereocenters. The van der Waals surface area contributed by atoms with Crippen molar-refractivity contribution < 1.29 is 0 Å². The largest absolute Gasteiger partial charge is 0.292 e. The zero-order chi connectivity index (χ0) is 42.8. The SMILES string of the molecule is c1ccc(-c2c3ccccc3c(-c3ccc4c(c3)-c3ccccc3-c3ccccc3-c3ccccc3-4)c3ccc(-c4ccc(-c5nc6ccccc6n5-c5ccccc5)cc4)cc23)cc1. The van der Waals surface area contributed by atoms with E-state index in [9.17, 15) is 0 Å². The third kappa shape index (κ3) is 5.99. The van der Waals surface area contributed by atoms with Gasteiger partial charge in [-0.2, -0.15) is 0 Å². The van der Waals surface area contributed by atoms with E-state index in [0.717, 1.165) is 33.7 Å². The minimum atomic E-state index is 0.927. The van der Waals surface area contributed by atoms with Gasteiger partial charge in [-0.1, -0.05) is 206 Å². The zero-order valence-electron chi connectivity index (χ0n) is 35.5. The Bertz CT molecular complexity index is 3800. The Hall–Kier alpha value is -8.59. The molecule has 0 bridgehead atoms. The van der Waals surface area contributed by atoms with E-state index in [-0.39, 0.29) is 0 Å². The lowest BCUT2D eigenvalue weighted by Gasteiger charge is -2.24. The number of rotatable bonds is 5. The van der Waals surface area contributed by atoms with Crippen molar-refractivity contribution >= 4 is 32.6 Å². The molecule has 1 aliphatic rings. The number of imidazole rings is 1. The summed E-state index contributed by atoms with van der Waals surface area (Å²) in [6.07, 6.45) is 0. The lowest BCUT2D eigenvalue weighted by Crippen LogP contribution is -1.98. The van der Waals surface area contributed by atoms with Gasteiger partial charge < -0.3 is 0 Å². The molecule has 0 saturated carbocycles. The Morgan fingerprint density at radius 3 is 1.34 bits per heavy atom. The summed E-state index contributed by atoms with van der Waals surface area (Å²) in [5.74, 6) is 0.927. The van der Waals surface area contributed by atoms with E-state index in [1.54, 1.807) is 0 Å². The van der Waals surface area contributed by atoms with Crippen molar-refractivity contribution in [3.8, 4) is 95.0 Å². The van der Waals surface area contributed by atoms with Gasteiger partial charge in [0.1, 0.15) is 5.82 Å². The summed E-state index contributed by atoms with van der Waals surface area (Å²) in [5, 5.41) is 4.93. The van der Waals surface area contributed by atoms with Crippen LogP contribution in [0.25, 0.3) is 128 Å². The van der Waals surface area contributed by atoms with Crippen LogP contribution in [0.15, 0.2) is 243 Å². The number of nitrogens with zero attached hydrogens (tertiary/aromatic N) is 2. The van der Waals surface area contributed by atoms with Crippen molar-refractivity contribution in [2.24, 2.45) is 0 Å². The first-order valence-electron chi connectivity index (χ1n) is 22.4. The topological polar surface area (TPSA) is 17.8 Å². The maximum Gasteiger partial charge on any atom is 0.145 e. The fourth-order valence-electron chi connectivity index (χ4n) is 10.5. The standard InChI is InChI=1S/C63H40N2/c1-3-17-42(18-4-1)61-54-27-13-14-28-55(54)62(45-36-37-53-51-25-10-9-23-49(51)47-21-7-8-22-48(47)50-24-11-12-26-52(50)57(53)40-45)56-38-35-44(39-58(56)61)41-31-33-43(34-32-41)63-64-59-29-15-16-30-60(59)65(63)46-19-5-2-6-20-46/h1-40H. The minimum absolute atomic E-state index is 0.927. The lowest BCUT2D eigenvalue weighted by molar-refractivity contribution is 1.10. The first kappa shape index (κ1) is 37.0. The maximum atomic E-state index is 5.15. The highest BCUT2D eigenvalue weighted by atomic mass is 15.1. The van der Waals surface area contributed by atoms with Crippen molar-refractivity contribution in [2.75, 3.05) is 0 Å². The molecule has 1 aliphatic carbocycles. The van der Waals surface area contributed by atoms with Gasteiger partial charge in [0.25, 0.3) is 0 Å². The van der Waals surface area contributed by atoms with Crippen LogP contribution in [0.2, 0.25) is 0 Å². The Labute approximate surface area is 378 Å². The van der Waals surface area contributed by atoms with E-state index < -0.39 is 0 Å². The number of benzene rings is 11. The Morgan fingerprint density at radius 2 is 0.708 bits per heavy atom. The quantitative estimate of drug-likeness (QED) is 0.158. The molecule has 0 amide bonds. The first-order chi connectivity index (χ1) is 32.3. The fourth-order valence-corrected chi connectivity index (χ4v) is 10.5. The number of fused-ring (bicyclic) bond motifs is 11. The molecular formula is C63H40N2. The van der Waals surface area contributed by atoms with E-state index in [0.29, 0.717) is 0 Å². The van der Waals surface area contributed by atoms with E-state index in [2.05, 4.69) is 247 Å². The van der Waals surface area contributed by atoms with E-state index in [1.807, 2.05) is 0 Å². The summed E-state index contributed by atoms with van der Waals surface area (Å²) >= 11 is 0. The average molecular weight is 825 g/mol. The first-order valence-corrected chi connectivity index (χ1v) is 22.4. The molecule has 11 aromatic carbocycles. The molecule has 1 heterocycles. The summed E-state index contributed by atoms with van der Waals surface area (Å²) in [4.78, 5) is 5.15. The van der Waals surface area contributed by atoms with Crippen molar-refractivity contribution in [2.45, 2.75) is 0 Å². The van der Waals surface area contributed by atoms with Crippen LogP contribution in [0.1, 0.15) is 0 Å². The maximum absolute atomic E-state index is 5.15. The van der Waals surface area contributed by atoms with Gasteiger partial charge in [-0.05, 0) is 136 Å². The molecule has 2 heteroatoms. The molecular weight excluding hydrogens is 785 g/mol. The highest BCUT2D eigenvalue weighted by molar-refractivity contribution is 6.22. The Morgan fingerprint density at radius 1 is 0.262 bits per heavy atom. The molecule has 1 aromatic heterocycles. The molecule has 0 N–H and O–H groups in total. The molecule has 0 spiro atoms. The molecule has 0 radical (unpaired) electrons. The van der Waals surface area contributed by atoms with E-state index in [1.165, 1.54) is 93.9 Å². The number of para-hydroxylation sites is 3. The second kappa shape index (κ2) is 15.0. The van der Waals surface area contributed by atoms with Crippen molar-refractivity contribution in [1.29, 1.82) is 0 Å². The fraction of sp³-hybridized carbons (Fsp3) is 0. The van der Waals surface area contributed by atoms with Gasteiger partial charge in [0.05, 0.1) is 11.0 Å². The summed E-state index contributed by atoms with van der Waals surface area (Å²) in [6, 6.07) is 88.6. The van der Waals surface area contributed by atoms with Gasteiger partial charge in [0.15, 0.2) is 0 Å². The molecule has 13 rings (SSSR count). The van der Waals surface area contributed by atoms with Gasteiger partial charge in [-0.25, -0.2) is 4.98 Å². The molecule has 12 aromatic rings.